The van der Waals surface area contributed by atoms with Gasteiger partial charge in [-0.15, -0.1) is 0 Å². The second kappa shape index (κ2) is 3.48. The molecule has 1 saturated heterocycles. The Morgan fingerprint density at radius 2 is 2.08 bits per heavy atom. The second-order valence-electron chi connectivity index (χ2n) is 3.58. The van der Waals surface area contributed by atoms with E-state index in [2.05, 4.69) is 47.9 Å². The van der Waals surface area contributed by atoms with Crippen molar-refractivity contribution in [2.75, 3.05) is 13.2 Å². The predicted octanol–water partition coefficient (Wildman–Crippen LogP) is 1.44. The van der Waals surface area contributed by atoms with Crippen LogP contribution < -0.4 is 10.6 Å². The third-order valence-corrected chi connectivity index (χ3v) is 2.91. The lowest BCUT2D eigenvalue weighted by Gasteiger charge is -2.27. The highest BCUT2D eigenvalue weighted by atomic mass is 15.2. The first kappa shape index (κ1) is 8.73. The van der Waals surface area contributed by atoms with Gasteiger partial charge in [-0.1, -0.05) is 37.3 Å². The average Bonchev–Trinajstić information content (AvgIpc) is 2.69. The first-order chi connectivity index (χ1) is 6.37. The molecule has 0 bridgehead atoms. The Labute approximate surface area is 79.4 Å². The van der Waals surface area contributed by atoms with Crippen LogP contribution in [0.5, 0.6) is 0 Å². The minimum absolute atomic E-state index is 0.168. The summed E-state index contributed by atoms with van der Waals surface area (Å²) in [5.74, 6) is 0. The van der Waals surface area contributed by atoms with Crippen LogP contribution >= 0.6 is 0 Å². The number of nitrogens with one attached hydrogen (secondary N) is 2. The lowest BCUT2D eigenvalue weighted by Crippen LogP contribution is -2.38. The zero-order valence-electron chi connectivity index (χ0n) is 8.01. The van der Waals surface area contributed by atoms with Crippen molar-refractivity contribution in [3.63, 3.8) is 0 Å². The smallest absolute Gasteiger partial charge is 0.0568 e. The standard InChI is InChI=1S/C11H16N2/c1-2-11(8-12-9-13-11)10-6-4-3-5-7-10/h3-7,12-13H,2,8-9H2,1H3/t11-/m0/s1. The minimum atomic E-state index is 0.168. The summed E-state index contributed by atoms with van der Waals surface area (Å²) in [6.07, 6.45) is 1.13. The highest BCUT2D eigenvalue weighted by Gasteiger charge is 2.32. The Morgan fingerprint density at radius 3 is 2.62 bits per heavy atom. The van der Waals surface area contributed by atoms with Crippen LogP contribution in [0.25, 0.3) is 0 Å². The summed E-state index contributed by atoms with van der Waals surface area (Å²) in [7, 11) is 0. The van der Waals surface area contributed by atoms with Crippen molar-refractivity contribution in [3.8, 4) is 0 Å². The van der Waals surface area contributed by atoms with Crippen LogP contribution in [-0.4, -0.2) is 13.2 Å². The molecule has 13 heavy (non-hydrogen) atoms. The molecule has 0 radical (unpaired) electrons. The highest BCUT2D eigenvalue weighted by Crippen LogP contribution is 2.25. The van der Waals surface area contributed by atoms with Gasteiger partial charge in [-0.25, -0.2) is 0 Å². The zero-order valence-corrected chi connectivity index (χ0v) is 8.01. The summed E-state index contributed by atoms with van der Waals surface area (Å²) >= 11 is 0. The van der Waals surface area contributed by atoms with Crippen molar-refractivity contribution in [2.45, 2.75) is 18.9 Å². The first-order valence-corrected chi connectivity index (χ1v) is 4.89. The largest absolute Gasteiger partial charge is 0.302 e. The van der Waals surface area contributed by atoms with Crippen molar-refractivity contribution in [2.24, 2.45) is 0 Å². The Balaban J connectivity index is 2.31. The molecule has 1 aromatic carbocycles. The van der Waals surface area contributed by atoms with E-state index in [9.17, 15) is 0 Å². The van der Waals surface area contributed by atoms with Gasteiger partial charge in [-0.2, -0.15) is 0 Å². The summed E-state index contributed by atoms with van der Waals surface area (Å²) in [5, 5.41) is 6.88. The van der Waals surface area contributed by atoms with Gasteiger partial charge in [0.25, 0.3) is 0 Å². The van der Waals surface area contributed by atoms with E-state index in [0.717, 1.165) is 19.6 Å². The normalized spacial score (nSPS) is 27.8. The van der Waals surface area contributed by atoms with E-state index in [-0.39, 0.29) is 5.54 Å². The Bertz CT molecular complexity index is 263. The fraction of sp³-hybridized carbons (Fsp3) is 0.455. The molecule has 70 valence electrons. The minimum Gasteiger partial charge on any atom is -0.302 e. The summed E-state index contributed by atoms with van der Waals surface area (Å²) in [6.45, 7) is 4.18. The molecule has 1 heterocycles. The van der Waals surface area contributed by atoms with Gasteiger partial charge < -0.3 is 5.32 Å². The zero-order chi connectivity index (χ0) is 9.15. The van der Waals surface area contributed by atoms with Crippen molar-refractivity contribution >= 4 is 0 Å². The molecule has 2 rings (SSSR count). The molecular formula is C11H16N2. The summed E-state index contributed by atoms with van der Waals surface area (Å²) in [5.41, 5.74) is 1.56. The molecule has 0 aromatic heterocycles. The van der Waals surface area contributed by atoms with Crippen LogP contribution in [0, 0.1) is 0 Å². The average molecular weight is 176 g/mol. The quantitative estimate of drug-likeness (QED) is 0.712. The van der Waals surface area contributed by atoms with Crippen LogP contribution in [0.1, 0.15) is 18.9 Å². The van der Waals surface area contributed by atoms with E-state index >= 15 is 0 Å². The topological polar surface area (TPSA) is 24.1 Å². The fourth-order valence-electron chi connectivity index (χ4n) is 1.99. The number of rotatable bonds is 2. The highest BCUT2D eigenvalue weighted by molar-refractivity contribution is 5.26. The molecule has 1 aromatic rings. The van der Waals surface area contributed by atoms with Crippen molar-refractivity contribution in [3.05, 3.63) is 35.9 Å². The van der Waals surface area contributed by atoms with Gasteiger partial charge in [-0.05, 0) is 12.0 Å². The van der Waals surface area contributed by atoms with E-state index in [1.54, 1.807) is 0 Å². The van der Waals surface area contributed by atoms with Gasteiger partial charge in [0.15, 0.2) is 0 Å². The molecule has 2 nitrogen and oxygen atoms in total. The van der Waals surface area contributed by atoms with Crippen molar-refractivity contribution in [1.29, 1.82) is 0 Å². The molecular weight excluding hydrogens is 160 g/mol. The molecule has 0 aliphatic carbocycles. The van der Waals surface area contributed by atoms with Crippen molar-refractivity contribution in [1.82, 2.24) is 10.6 Å². The van der Waals surface area contributed by atoms with Crippen LogP contribution in [-0.2, 0) is 5.54 Å². The van der Waals surface area contributed by atoms with Gasteiger partial charge in [0.1, 0.15) is 0 Å². The van der Waals surface area contributed by atoms with Gasteiger partial charge in [0.05, 0.1) is 5.54 Å². The third-order valence-electron chi connectivity index (χ3n) is 2.91. The van der Waals surface area contributed by atoms with Crippen LogP contribution in [0.15, 0.2) is 30.3 Å². The lowest BCUT2D eigenvalue weighted by molar-refractivity contribution is 0.400. The summed E-state index contributed by atoms with van der Waals surface area (Å²) in [4.78, 5) is 0. The molecule has 1 atom stereocenters. The molecule has 1 fully saturated rings. The predicted molar refractivity (Wildman–Crippen MR) is 54.4 cm³/mol. The summed E-state index contributed by atoms with van der Waals surface area (Å²) in [6, 6.07) is 10.7. The molecule has 2 heteroatoms. The lowest BCUT2D eigenvalue weighted by atomic mass is 9.88. The monoisotopic (exact) mass is 176 g/mol. The van der Waals surface area contributed by atoms with Crippen LogP contribution in [0.4, 0.5) is 0 Å². The molecule has 0 spiro atoms. The van der Waals surface area contributed by atoms with Gasteiger partial charge in [-0.3, -0.25) is 5.32 Å². The molecule has 2 N–H and O–H groups in total. The second-order valence-corrected chi connectivity index (χ2v) is 3.58. The molecule has 0 unspecified atom stereocenters. The van der Waals surface area contributed by atoms with E-state index < -0.39 is 0 Å². The van der Waals surface area contributed by atoms with Gasteiger partial charge >= 0.3 is 0 Å². The molecule has 1 aliphatic rings. The summed E-state index contributed by atoms with van der Waals surface area (Å²) < 4.78 is 0. The van der Waals surface area contributed by atoms with E-state index in [4.69, 9.17) is 0 Å². The van der Waals surface area contributed by atoms with E-state index in [1.165, 1.54) is 5.56 Å². The van der Waals surface area contributed by atoms with Crippen LogP contribution in [0.3, 0.4) is 0 Å². The first-order valence-electron chi connectivity index (χ1n) is 4.89. The Hall–Kier alpha value is -0.860. The number of benzene rings is 1. The molecule has 1 aliphatic heterocycles. The third kappa shape index (κ3) is 1.47. The maximum absolute atomic E-state index is 3.52. The number of hydrogen-bond donors (Lipinski definition) is 2. The SMILES string of the molecule is CC[C@@]1(c2ccccc2)CNCN1. The van der Waals surface area contributed by atoms with Gasteiger partial charge in [0, 0.05) is 13.2 Å². The number of hydrogen-bond acceptors (Lipinski definition) is 2. The van der Waals surface area contributed by atoms with E-state index in [0.29, 0.717) is 0 Å². The van der Waals surface area contributed by atoms with E-state index in [1.807, 2.05) is 0 Å². The molecule has 0 amide bonds. The van der Waals surface area contributed by atoms with Gasteiger partial charge in [0.2, 0.25) is 0 Å². The maximum Gasteiger partial charge on any atom is 0.0568 e. The van der Waals surface area contributed by atoms with Crippen LogP contribution in [0.2, 0.25) is 0 Å². The maximum atomic E-state index is 3.52. The Kier molecular flexibility index (Phi) is 2.34. The molecule has 0 saturated carbocycles. The fourth-order valence-corrected chi connectivity index (χ4v) is 1.99. The van der Waals surface area contributed by atoms with Crippen molar-refractivity contribution < 1.29 is 0 Å². The Morgan fingerprint density at radius 1 is 1.31 bits per heavy atom.